The molecule has 1 aromatic rings. The van der Waals surface area contributed by atoms with Crippen LogP contribution in [0.25, 0.3) is 0 Å². The van der Waals surface area contributed by atoms with Crippen molar-refractivity contribution in [1.82, 2.24) is 0 Å². The Morgan fingerprint density at radius 1 is 1.19 bits per heavy atom. The van der Waals surface area contributed by atoms with E-state index in [1.807, 2.05) is 25.1 Å². The first-order valence-corrected chi connectivity index (χ1v) is 5.61. The van der Waals surface area contributed by atoms with E-state index in [1.165, 1.54) is 0 Å². The summed E-state index contributed by atoms with van der Waals surface area (Å²) in [5.41, 5.74) is 6.87. The van der Waals surface area contributed by atoms with Crippen molar-refractivity contribution in [2.24, 2.45) is 11.7 Å². The van der Waals surface area contributed by atoms with Crippen LogP contribution in [0.3, 0.4) is 0 Å². The van der Waals surface area contributed by atoms with Gasteiger partial charge in [0, 0.05) is 6.04 Å². The zero-order valence-corrected chi connectivity index (χ0v) is 10.5. The Balaban J connectivity index is 2.97. The highest BCUT2D eigenvalue weighted by molar-refractivity contribution is 5.46. The van der Waals surface area contributed by atoms with Gasteiger partial charge in [0.05, 0.1) is 19.3 Å². The van der Waals surface area contributed by atoms with Crippen LogP contribution in [-0.2, 0) is 0 Å². The van der Waals surface area contributed by atoms with Crippen molar-refractivity contribution in [2.45, 2.75) is 26.8 Å². The van der Waals surface area contributed by atoms with Gasteiger partial charge in [-0.15, -0.1) is 0 Å². The lowest BCUT2D eigenvalue weighted by molar-refractivity contribution is 0.265. The number of benzene rings is 1. The van der Waals surface area contributed by atoms with E-state index in [4.69, 9.17) is 15.2 Å². The van der Waals surface area contributed by atoms with E-state index >= 15 is 0 Å². The molecular formula is C13H21NO2. The third-order valence-corrected chi connectivity index (χ3v) is 2.27. The third-order valence-electron chi connectivity index (χ3n) is 2.27. The molecule has 0 aliphatic carbocycles. The first-order chi connectivity index (χ1) is 7.56. The van der Waals surface area contributed by atoms with E-state index in [9.17, 15) is 0 Å². The number of rotatable bonds is 5. The van der Waals surface area contributed by atoms with Gasteiger partial charge in [0.2, 0.25) is 0 Å². The van der Waals surface area contributed by atoms with Crippen LogP contribution in [0.15, 0.2) is 18.2 Å². The number of hydrogen-bond donors (Lipinski definition) is 1. The highest BCUT2D eigenvalue weighted by atomic mass is 16.5. The van der Waals surface area contributed by atoms with Gasteiger partial charge in [0.1, 0.15) is 11.5 Å². The van der Waals surface area contributed by atoms with Crippen molar-refractivity contribution in [3.05, 3.63) is 23.8 Å². The van der Waals surface area contributed by atoms with Crippen molar-refractivity contribution in [2.75, 3.05) is 13.7 Å². The Labute approximate surface area is 97.6 Å². The van der Waals surface area contributed by atoms with E-state index < -0.39 is 0 Å². The molecule has 0 aliphatic rings. The zero-order chi connectivity index (χ0) is 12.1. The van der Waals surface area contributed by atoms with Crippen LogP contribution in [0.2, 0.25) is 0 Å². The maximum absolute atomic E-state index is 5.94. The van der Waals surface area contributed by atoms with E-state index in [-0.39, 0.29) is 6.04 Å². The lowest BCUT2D eigenvalue weighted by Crippen LogP contribution is -2.12. The molecule has 0 fully saturated rings. The first-order valence-electron chi connectivity index (χ1n) is 5.61. The highest BCUT2D eigenvalue weighted by Crippen LogP contribution is 2.32. The Bertz CT molecular complexity index is 335. The van der Waals surface area contributed by atoms with Crippen molar-refractivity contribution in [3.63, 3.8) is 0 Å². The Hall–Kier alpha value is -1.22. The summed E-state index contributed by atoms with van der Waals surface area (Å²) in [6, 6.07) is 5.66. The molecule has 0 spiro atoms. The third kappa shape index (κ3) is 3.14. The summed E-state index contributed by atoms with van der Waals surface area (Å²) in [6.07, 6.45) is 0. The second-order valence-corrected chi connectivity index (χ2v) is 4.37. The summed E-state index contributed by atoms with van der Waals surface area (Å²) in [5.74, 6) is 2.10. The lowest BCUT2D eigenvalue weighted by Gasteiger charge is -2.18. The van der Waals surface area contributed by atoms with Crippen LogP contribution < -0.4 is 15.2 Å². The topological polar surface area (TPSA) is 44.5 Å². The van der Waals surface area contributed by atoms with E-state index in [1.54, 1.807) is 7.11 Å². The average molecular weight is 223 g/mol. The summed E-state index contributed by atoms with van der Waals surface area (Å²) in [6.45, 7) is 6.85. The molecule has 1 atom stereocenters. The first kappa shape index (κ1) is 12.8. The zero-order valence-electron chi connectivity index (χ0n) is 10.5. The fourth-order valence-electron chi connectivity index (χ4n) is 1.53. The molecule has 16 heavy (non-hydrogen) atoms. The Kier molecular flexibility index (Phi) is 4.62. The van der Waals surface area contributed by atoms with Gasteiger partial charge in [-0.3, -0.25) is 0 Å². The van der Waals surface area contributed by atoms with Crippen molar-refractivity contribution >= 4 is 0 Å². The molecule has 0 saturated heterocycles. The molecule has 3 heteroatoms. The minimum Gasteiger partial charge on any atom is -0.496 e. The van der Waals surface area contributed by atoms with E-state index in [0.29, 0.717) is 12.5 Å². The van der Waals surface area contributed by atoms with Gasteiger partial charge in [0.15, 0.2) is 0 Å². The maximum Gasteiger partial charge on any atom is 0.127 e. The van der Waals surface area contributed by atoms with Gasteiger partial charge in [-0.05, 0) is 25.0 Å². The second-order valence-electron chi connectivity index (χ2n) is 4.37. The predicted molar refractivity (Wildman–Crippen MR) is 65.9 cm³/mol. The van der Waals surface area contributed by atoms with E-state index in [2.05, 4.69) is 13.8 Å². The molecule has 2 N–H and O–H groups in total. The van der Waals surface area contributed by atoms with Crippen LogP contribution in [0.1, 0.15) is 32.4 Å². The molecule has 0 amide bonds. The van der Waals surface area contributed by atoms with E-state index in [0.717, 1.165) is 17.1 Å². The van der Waals surface area contributed by atoms with Crippen molar-refractivity contribution in [1.29, 1.82) is 0 Å². The summed E-state index contributed by atoms with van der Waals surface area (Å²) in [4.78, 5) is 0. The van der Waals surface area contributed by atoms with Crippen LogP contribution >= 0.6 is 0 Å². The number of methoxy groups -OCH3 is 1. The minimum atomic E-state index is -0.0988. The molecule has 0 bridgehead atoms. The molecule has 0 aromatic heterocycles. The standard InChI is InChI=1S/C13H21NO2/c1-9(2)8-16-12-7-5-6-11(15-4)13(12)10(3)14/h5-7,9-10H,8,14H2,1-4H3. The minimum absolute atomic E-state index is 0.0988. The quantitative estimate of drug-likeness (QED) is 0.834. The number of hydrogen-bond acceptors (Lipinski definition) is 3. The molecule has 1 unspecified atom stereocenters. The van der Waals surface area contributed by atoms with Gasteiger partial charge >= 0.3 is 0 Å². The van der Waals surface area contributed by atoms with Crippen LogP contribution in [0, 0.1) is 5.92 Å². The largest absolute Gasteiger partial charge is 0.496 e. The predicted octanol–water partition coefficient (Wildman–Crippen LogP) is 2.75. The smallest absolute Gasteiger partial charge is 0.127 e. The molecule has 3 nitrogen and oxygen atoms in total. The lowest BCUT2D eigenvalue weighted by atomic mass is 10.1. The number of nitrogens with two attached hydrogens (primary N) is 1. The fraction of sp³-hybridized carbons (Fsp3) is 0.538. The Morgan fingerprint density at radius 2 is 1.81 bits per heavy atom. The SMILES string of the molecule is COc1cccc(OCC(C)C)c1C(C)N. The normalized spacial score (nSPS) is 12.6. The van der Waals surface area contributed by atoms with Gasteiger partial charge in [-0.25, -0.2) is 0 Å². The summed E-state index contributed by atoms with van der Waals surface area (Å²) >= 11 is 0. The van der Waals surface area contributed by atoms with Crippen LogP contribution in [0.4, 0.5) is 0 Å². The molecule has 90 valence electrons. The summed E-state index contributed by atoms with van der Waals surface area (Å²) in [7, 11) is 1.65. The van der Waals surface area contributed by atoms with Gasteiger partial charge in [0.25, 0.3) is 0 Å². The maximum atomic E-state index is 5.94. The molecule has 0 aliphatic heterocycles. The molecule has 1 aromatic carbocycles. The van der Waals surface area contributed by atoms with Gasteiger partial charge in [-0.1, -0.05) is 19.9 Å². The molecule has 0 heterocycles. The monoisotopic (exact) mass is 223 g/mol. The Morgan fingerprint density at radius 3 is 2.31 bits per heavy atom. The molecule has 0 saturated carbocycles. The fourth-order valence-corrected chi connectivity index (χ4v) is 1.53. The van der Waals surface area contributed by atoms with Gasteiger partial charge < -0.3 is 15.2 Å². The molecule has 1 rings (SSSR count). The van der Waals surface area contributed by atoms with Gasteiger partial charge in [-0.2, -0.15) is 0 Å². The van der Waals surface area contributed by atoms with Crippen LogP contribution in [0.5, 0.6) is 11.5 Å². The van der Waals surface area contributed by atoms with Crippen LogP contribution in [-0.4, -0.2) is 13.7 Å². The number of ether oxygens (including phenoxy) is 2. The van der Waals surface area contributed by atoms with Crippen molar-refractivity contribution < 1.29 is 9.47 Å². The summed E-state index contributed by atoms with van der Waals surface area (Å²) in [5, 5.41) is 0. The summed E-state index contributed by atoms with van der Waals surface area (Å²) < 4.78 is 11.0. The molecule has 0 radical (unpaired) electrons. The second kappa shape index (κ2) is 5.75. The molecular weight excluding hydrogens is 202 g/mol. The average Bonchev–Trinajstić information content (AvgIpc) is 2.25. The highest BCUT2D eigenvalue weighted by Gasteiger charge is 2.14. The van der Waals surface area contributed by atoms with Crippen molar-refractivity contribution in [3.8, 4) is 11.5 Å².